The zero-order chi connectivity index (χ0) is 30.9. The van der Waals surface area contributed by atoms with Gasteiger partial charge in [-0.3, -0.25) is 0 Å². The maximum absolute atomic E-state index is 2.58. The quantitative estimate of drug-likeness (QED) is 0.211. The first-order chi connectivity index (χ1) is 20.1. The van der Waals surface area contributed by atoms with Crippen LogP contribution in [0.1, 0.15) is 86.1 Å². The maximum atomic E-state index is 2.58. The van der Waals surface area contributed by atoms with Crippen molar-refractivity contribution >= 4 is 20.2 Å². The molecule has 0 saturated heterocycles. The van der Waals surface area contributed by atoms with Crippen molar-refractivity contribution in [2.24, 2.45) is 0 Å². The van der Waals surface area contributed by atoms with Crippen LogP contribution in [-0.2, 0) is 23.7 Å². The summed E-state index contributed by atoms with van der Waals surface area (Å²) >= 11 is 0. The molecular formula is C42H48Si. The lowest BCUT2D eigenvalue weighted by Crippen LogP contribution is -2.32. The first kappa shape index (κ1) is 29.6. The van der Waals surface area contributed by atoms with Crippen molar-refractivity contribution in [3.63, 3.8) is 0 Å². The number of hydrogen-bond donors (Lipinski definition) is 0. The molecule has 2 aliphatic carbocycles. The molecule has 4 aromatic rings. The van der Waals surface area contributed by atoms with E-state index in [4.69, 9.17) is 0 Å². The van der Waals surface area contributed by atoms with Crippen LogP contribution in [0, 0.1) is 13.8 Å². The SMILES string of the molecule is Cc1cc(C(C)(C)C)ccc1-c1cccc2c1C=C([Si](C)(C)C1=Cc3c(cccc3-c3ccc(C(C)(C)C)cc3C)C1)C2. The molecule has 220 valence electrons. The summed E-state index contributed by atoms with van der Waals surface area (Å²) in [4.78, 5) is 0. The first-order valence-electron chi connectivity index (χ1n) is 16.0. The van der Waals surface area contributed by atoms with E-state index in [0.29, 0.717) is 0 Å². The summed E-state index contributed by atoms with van der Waals surface area (Å²) in [7, 11) is -1.85. The number of allylic oxidation sites excluding steroid dienone is 2. The second kappa shape index (κ2) is 10.3. The highest BCUT2D eigenvalue weighted by Gasteiger charge is 2.36. The molecule has 0 spiro atoms. The molecule has 4 aromatic carbocycles. The third-order valence-corrected chi connectivity index (χ3v) is 14.0. The number of rotatable bonds is 4. The van der Waals surface area contributed by atoms with Gasteiger partial charge < -0.3 is 0 Å². The monoisotopic (exact) mass is 580 g/mol. The fourth-order valence-corrected chi connectivity index (χ4v) is 9.77. The third kappa shape index (κ3) is 5.31. The van der Waals surface area contributed by atoms with Crippen molar-refractivity contribution in [2.75, 3.05) is 0 Å². The second-order valence-electron chi connectivity index (χ2n) is 15.6. The topological polar surface area (TPSA) is 0 Å². The lowest BCUT2D eigenvalue weighted by atomic mass is 9.84. The lowest BCUT2D eigenvalue weighted by molar-refractivity contribution is 0.589. The molecule has 2 aliphatic rings. The number of fused-ring (bicyclic) bond motifs is 2. The van der Waals surface area contributed by atoms with E-state index in [0.717, 1.165) is 12.8 Å². The number of benzene rings is 4. The molecule has 43 heavy (non-hydrogen) atoms. The summed E-state index contributed by atoms with van der Waals surface area (Å²) in [6.07, 6.45) is 7.31. The predicted octanol–water partition coefficient (Wildman–Crippen LogP) is 11.6. The average Bonchev–Trinajstić information content (AvgIpc) is 3.58. The van der Waals surface area contributed by atoms with E-state index in [1.165, 1.54) is 66.8 Å². The lowest BCUT2D eigenvalue weighted by Gasteiger charge is -2.26. The minimum atomic E-state index is -1.85. The molecule has 0 nitrogen and oxygen atoms in total. The van der Waals surface area contributed by atoms with Gasteiger partial charge in [0.05, 0.1) is 0 Å². The molecule has 0 aliphatic heterocycles. The van der Waals surface area contributed by atoms with Gasteiger partial charge in [0.25, 0.3) is 0 Å². The molecule has 0 amide bonds. The maximum Gasteiger partial charge on any atom is 0.103 e. The second-order valence-corrected chi connectivity index (χ2v) is 20.2. The largest absolute Gasteiger partial charge is 0.103 e. The Bertz CT molecular complexity index is 1680. The van der Waals surface area contributed by atoms with Crippen molar-refractivity contribution in [1.82, 2.24) is 0 Å². The van der Waals surface area contributed by atoms with Crippen LogP contribution in [0.4, 0.5) is 0 Å². The van der Waals surface area contributed by atoms with E-state index >= 15 is 0 Å². The third-order valence-electron chi connectivity index (χ3n) is 10.2. The summed E-state index contributed by atoms with van der Waals surface area (Å²) in [5.41, 5.74) is 17.2. The van der Waals surface area contributed by atoms with Crippen molar-refractivity contribution in [1.29, 1.82) is 0 Å². The van der Waals surface area contributed by atoms with Crippen molar-refractivity contribution < 1.29 is 0 Å². The molecule has 0 radical (unpaired) electrons. The molecule has 0 bridgehead atoms. The molecule has 0 fully saturated rings. The molecule has 0 unspecified atom stereocenters. The molecule has 0 saturated carbocycles. The van der Waals surface area contributed by atoms with E-state index in [9.17, 15) is 0 Å². The van der Waals surface area contributed by atoms with E-state index in [1.807, 2.05) is 0 Å². The van der Waals surface area contributed by atoms with E-state index in [2.05, 4.69) is 153 Å². The van der Waals surface area contributed by atoms with E-state index < -0.39 is 8.07 Å². The molecule has 6 rings (SSSR count). The summed E-state index contributed by atoms with van der Waals surface area (Å²) in [6, 6.07) is 28.0. The van der Waals surface area contributed by atoms with Crippen LogP contribution in [0.15, 0.2) is 83.2 Å². The van der Waals surface area contributed by atoms with E-state index in [-0.39, 0.29) is 10.8 Å². The van der Waals surface area contributed by atoms with Gasteiger partial charge in [-0.15, -0.1) is 0 Å². The van der Waals surface area contributed by atoms with Gasteiger partial charge in [-0.2, -0.15) is 0 Å². The fourth-order valence-electron chi connectivity index (χ4n) is 7.08. The molecule has 0 heterocycles. The summed E-state index contributed by atoms with van der Waals surface area (Å²) in [6.45, 7) is 23.5. The highest BCUT2D eigenvalue weighted by molar-refractivity contribution is 6.92. The van der Waals surface area contributed by atoms with Crippen LogP contribution < -0.4 is 0 Å². The Morgan fingerprint density at radius 3 is 1.26 bits per heavy atom. The van der Waals surface area contributed by atoms with Crippen LogP contribution in [0.2, 0.25) is 13.1 Å². The Balaban J connectivity index is 1.35. The van der Waals surface area contributed by atoms with E-state index in [1.54, 1.807) is 10.4 Å². The van der Waals surface area contributed by atoms with Crippen LogP contribution in [0.3, 0.4) is 0 Å². The Morgan fingerprint density at radius 2 is 0.907 bits per heavy atom. The van der Waals surface area contributed by atoms with Gasteiger partial charge in [0.2, 0.25) is 0 Å². The Morgan fingerprint density at radius 1 is 0.512 bits per heavy atom. The molecule has 1 heteroatoms. The van der Waals surface area contributed by atoms with Gasteiger partial charge in [0.15, 0.2) is 0 Å². The van der Waals surface area contributed by atoms with Crippen molar-refractivity contribution in [2.45, 2.75) is 92.2 Å². The standard InChI is InChI=1S/C42H48Si/c1-27-21-31(41(3,4)5)17-19-35(27)37-15-11-13-29-23-33(25-39(29)37)43(9,10)34-24-30-14-12-16-38(40(30)26-34)36-20-18-32(22-28(36)2)42(6,7)8/h11-22,25-26H,23-24H2,1-10H3. The molecular weight excluding hydrogens is 533 g/mol. The zero-order valence-corrected chi connectivity index (χ0v) is 29.0. The molecule has 0 atom stereocenters. The average molecular weight is 581 g/mol. The van der Waals surface area contributed by atoms with Crippen molar-refractivity contribution in [3.05, 3.63) is 128 Å². The zero-order valence-electron chi connectivity index (χ0n) is 28.0. The highest BCUT2D eigenvalue weighted by Crippen LogP contribution is 2.44. The molecule has 0 N–H and O–H groups in total. The fraction of sp³-hybridized carbons (Fsp3) is 0.333. The van der Waals surface area contributed by atoms with Gasteiger partial charge in [-0.05, 0) is 104 Å². The van der Waals surface area contributed by atoms with Gasteiger partial charge in [-0.25, -0.2) is 0 Å². The van der Waals surface area contributed by atoms with Gasteiger partial charge in [-0.1, -0.05) is 150 Å². The Kier molecular flexibility index (Phi) is 7.13. The summed E-state index contributed by atoms with van der Waals surface area (Å²) in [5, 5.41) is 3.32. The van der Waals surface area contributed by atoms with Crippen LogP contribution in [0.5, 0.6) is 0 Å². The highest BCUT2D eigenvalue weighted by atomic mass is 28.3. The number of aryl methyl sites for hydroxylation is 2. The summed E-state index contributed by atoms with van der Waals surface area (Å²) in [5.74, 6) is 0. The first-order valence-corrected chi connectivity index (χ1v) is 19.0. The van der Waals surface area contributed by atoms with Gasteiger partial charge in [0, 0.05) is 0 Å². The Hall–Kier alpha value is -3.42. The van der Waals surface area contributed by atoms with Crippen LogP contribution >= 0.6 is 0 Å². The predicted molar refractivity (Wildman–Crippen MR) is 191 cm³/mol. The minimum absolute atomic E-state index is 0.158. The smallest absolute Gasteiger partial charge is 0.0714 e. The Labute approximate surface area is 261 Å². The van der Waals surface area contributed by atoms with Crippen LogP contribution in [-0.4, -0.2) is 8.07 Å². The van der Waals surface area contributed by atoms with Crippen LogP contribution in [0.25, 0.3) is 34.4 Å². The molecule has 0 aromatic heterocycles. The van der Waals surface area contributed by atoms with Gasteiger partial charge in [0.1, 0.15) is 8.07 Å². The van der Waals surface area contributed by atoms with Gasteiger partial charge >= 0.3 is 0 Å². The van der Waals surface area contributed by atoms with Crippen molar-refractivity contribution in [3.8, 4) is 22.3 Å². The number of hydrogen-bond acceptors (Lipinski definition) is 0. The normalized spacial score (nSPS) is 14.8. The minimum Gasteiger partial charge on any atom is -0.0714 e. The summed E-state index contributed by atoms with van der Waals surface area (Å²) < 4.78 is 0.